The summed E-state index contributed by atoms with van der Waals surface area (Å²) in [6.45, 7) is -0.410. The zero-order chi connectivity index (χ0) is 14.9. The van der Waals surface area contributed by atoms with Crippen LogP contribution in [0.1, 0.15) is 11.7 Å². The molecule has 2 unspecified atom stereocenters. The van der Waals surface area contributed by atoms with Crippen LogP contribution >= 0.6 is 11.6 Å². The minimum Gasteiger partial charge on any atom is -0.485 e. The zero-order valence-electron chi connectivity index (χ0n) is 10.2. The molecule has 0 amide bonds. The second-order valence-corrected chi connectivity index (χ2v) is 6.28. The van der Waals surface area contributed by atoms with Crippen molar-refractivity contribution in [2.75, 3.05) is 6.54 Å². The molecule has 0 aliphatic carbocycles. The first-order valence-corrected chi connectivity index (χ1v) is 7.54. The molecule has 0 fully saturated rings. The van der Waals surface area contributed by atoms with Gasteiger partial charge < -0.3 is 10.5 Å². The Labute approximate surface area is 120 Å². The van der Waals surface area contributed by atoms with E-state index in [4.69, 9.17) is 26.6 Å². The molecule has 0 aromatic heterocycles. The van der Waals surface area contributed by atoms with Gasteiger partial charge in [-0.3, -0.25) is 9.35 Å². The highest BCUT2D eigenvalue weighted by Gasteiger charge is 2.39. The smallest absolute Gasteiger partial charge is 0.273 e. The molecule has 2 atom stereocenters. The minimum atomic E-state index is -4.46. The Hall–Kier alpha value is -1.41. The molecule has 1 aliphatic heterocycles. The average molecular weight is 318 g/mol. The Morgan fingerprint density at radius 1 is 1.35 bits per heavy atom. The topological polar surface area (TPSA) is 107 Å². The molecule has 2 rings (SSSR count). The summed E-state index contributed by atoms with van der Waals surface area (Å²) < 4.78 is 36.7. The van der Waals surface area contributed by atoms with Crippen molar-refractivity contribution < 1.29 is 22.5 Å². The van der Waals surface area contributed by atoms with Crippen molar-refractivity contribution in [3.8, 4) is 0 Å². The van der Waals surface area contributed by atoms with Gasteiger partial charge in [0.15, 0.2) is 6.10 Å². The molecule has 0 radical (unpaired) electrons. The second-order valence-electron chi connectivity index (χ2n) is 4.24. The van der Waals surface area contributed by atoms with Crippen LogP contribution in [0.4, 0.5) is 0 Å². The summed E-state index contributed by atoms with van der Waals surface area (Å²) in [4.78, 5) is 12.2. The Morgan fingerprint density at radius 2 is 1.95 bits per heavy atom. The summed E-state index contributed by atoms with van der Waals surface area (Å²) in [5.41, 5.74) is 5.68. The summed E-state index contributed by atoms with van der Waals surface area (Å²) >= 11 is 5.75. The first-order valence-electron chi connectivity index (χ1n) is 5.66. The Bertz CT molecular complexity index is 653. The van der Waals surface area contributed by atoms with E-state index in [0.717, 1.165) is 6.26 Å². The van der Waals surface area contributed by atoms with Gasteiger partial charge in [-0.15, -0.1) is 0 Å². The molecule has 0 saturated heterocycles. The van der Waals surface area contributed by atoms with Gasteiger partial charge in [0.1, 0.15) is 5.25 Å². The number of ether oxygens (including phenoxy) is 1. The number of carbonyl (C=O) groups is 1. The van der Waals surface area contributed by atoms with Crippen molar-refractivity contribution in [3.05, 3.63) is 46.7 Å². The fourth-order valence-corrected chi connectivity index (χ4v) is 2.79. The fourth-order valence-electron chi connectivity index (χ4n) is 1.92. The highest BCUT2D eigenvalue weighted by Crippen LogP contribution is 2.31. The predicted molar refractivity (Wildman–Crippen MR) is 72.8 cm³/mol. The number of hydrogen-bond donors (Lipinski definition) is 2. The highest BCUT2D eigenvalue weighted by atomic mass is 35.5. The van der Waals surface area contributed by atoms with E-state index in [1.807, 2.05) is 0 Å². The monoisotopic (exact) mass is 317 g/mol. The molecular formula is C12H12ClNO5S. The zero-order valence-corrected chi connectivity index (χ0v) is 11.8. The summed E-state index contributed by atoms with van der Waals surface area (Å²) in [6.07, 6.45) is 0.0884. The third-order valence-corrected chi connectivity index (χ3v) is 4.36. The van der Waals surface area contributed by atoms with Crippen LogP contribution < -0.4 is 5.73 Å². The number of ketones is 1. The molecule has 8 heteroatoms. The fraction of sp³-hybridized carbons (Fsp3) is 0.250. The van der Waals surface area contributed by atoms with Crippen LogP contribution in [0.3, 0.4) is 0 Å². The van der Waals surface area contributed by atoms with Gasteiger partial charge in [-0.25, -0.2) is 0 Å². The van der Waals surface area contributed by atoms with E-state index in [1.54, 1.807) is 24.3 Å². The van der Waals surface area contributed by atoms with Crippen LogP contribution in [-0.4, -0.2) is 30.5 Å². The van der Waals surface area contributed by atoms with Crippen LogP contribution in [0.2, 0.25) is 5.02 Å². The van der Waals surface area contributed by atoms with Crippen LogP contribution in [0, 0.1) is 0 Å². The summed E-state index contributed by atoms with van der Waals surface area (Å²) in [7, 11) is -4.46. The molecule has 6 nitrogen and oxygen atoms in total. The molecule has 1 aromatic rings. The SMILES string of the molecule is NCC(C1=COC(c2ccc(Cl)cc2)C1=O)S(=O)(=O)O. The van der Waals surface area contributed by atoms with Gasteiger partial charge in [0.25, 0.3) is 10.1 Å². The summed E-state index contributed by atoms with van der Waals surface area (Å²) in [5, 5.41) is -0.975. The Balaban J connectivity index is 2.26. The first-order chi connectivity index (χ1) is 9.34. The molecule has 1 aliphatic rings. The molecule has 108 valence electrons. The van der Waals surface area contributed by atoms with Crippen molar-refractivity contribution in [1.82, 2.24) is 0 Å². The van der Waals surface area contributed by atoms with Gasteiger partial charge in [-0.2, -0.15) is 8.42 Å². The predicted octanol–water partition coefficient (Wildman–Crippen LogP) is 1.08. The number of benzene rings is 1. The third kappa shape index (κ3) is 2.85. The van der Waals surface area contributed by atoms with Crippen LogP contribution in [0.5, 0.6) is 0 Å². The van der Waals surface area contributed by atoms with Crippen LogP contribution in [-0.2, 0) is 19.6 Å². The van der Waals surface area contributed by atoms with Crippen molar-refractivity contribution in [1.29, 1.82) is 0 Å². The Kier molecular flexibility index (Phi) is 4.14. The number of carbonyl (C=O) groups excluding carboxylic acids is 1. The molecule has 0 saturated carbocycles. The number of rotatable bonds is 4. The van der Waals surface area contributed by atoms with E-state index in [-0.39, 0.29) is 5.57 Å². The van der Waals surface area contributed by atoms with Crippen LogP contribution in [0.25, 0.3) is 0 Å². The lowest BCUT2D eigenvalue weighted by molar-refractivity contribution is -0.121. The van der Waals surface area contributed by atoms with E-state index in [1.165, 1.54) is 0 Å². The molecular weight excluding hydrogens is 306 g/mol. The van der Waals surface area contributed by atoms with Crippen molar-refractivity contribution in [2.45, 2.75) is 11.4 Å². The normalized spacial score (nSPS) is 20.4. The standard InChI is InChI=1S/C12H12ClNO5S/c13-8-3-1-7(2-4-8)12-11(15)9(6-19-12)10(5-14)20(16,17)18/h1-4,6,10,12H,5,14H2,(H,16,17,18). The molecule has 3 N–H and O–H groups in total. The van der Waals surface area contributed by atoms with E-state index < -0.39 is 33.8 Å². The van der Waals surface area contributed by atoms with Crippen LogP contribution in [0.15, 0.2) is 36.1 Å². The third-order valence-electron chi connectivity index (χ3n) is 2.95. The molecule has 0 spiro atoms. The maximum Gasteiger partial charge on any atom is 0.273 e. The average Bonchev–Trinajstić information content (AvgIpc) is 2.72. The summed E-state index contributed by atoms with van der Waals surface area (Å²) in [5.74, 6) is -0.541. The minimum absolute atomic E-state index is 0.157. The number of hydrogen-bond acceptors (Lipinski definition) is 5. The highest BCUT2D eigenvalue weighted by molar-refractivity contribution is 7.86. The van der Waals surface area contributed by atoms with E-state index >= 15 is 0 Å². The van der Waals surface area contributed by atoms with Gasteiger partial charge >= 0.3 is 0 Å². The molecule has 0 bridgehead atoms. The number of halogens is 1. The lowest BCUT2D eigenvalue weighted by Crippen LogP contribution is -2.34. The van der Waals surface area contributed by atoms with E-state index in [0.29, 0.717) is 10.6 Å². The lowest BCUT2D eigenvalue weighted by Gasteiger charge is -2.12. The largest absolute Gasteiger partial charge is 0.485 e. The van der Waals surface area contributed by atoms with Gasteiger partial charge in [-0.1, -0.05) is 23.7 Å². The molecule has 1 aromatic carbocycles. The molecule has 20 heavy (non-hydrogen) atoms. The van der Waals surface area contributed by atoms with Gasteiger partial charge in [0.05, 0.1) is 11.8 Å². The van der Waals surface area contributed by atoms with Gasteiger partial charge in [0.2, 0.25) is 5.78 Å². The number of Topliss-reactive ketones (excluding diaryl/α,β-unsaturated/α-hetero) is 1. The first kappa shape index (κ1) is 15.0. The lowest BCUT2D eigenvalue weighted by atomic mass is 10.0. The van der Waals surface area contributed by atoms with E-state index in [2.05, 4.69) is 0 Å². The Morgan fingerprint density at radius 3 is 2.45 bits per heavy atom. The maximum atomic E-state index is 12.2. The number of nitrogens with two attached hydrogens (primary N) is 1. The maximum absolute atomic E-state index is 12.2. The van der Waals surface area contributed by atoms with Crippen molar-refractivity contribution in [3.63, 3.8) is 0 Å². The van der Waals surface area contributed by atoms with Gasteiger partial charge in [0, 0.05) is 17.1 Å². The van der Waals surface area contributed by atoms with Crippen molar-refractivity contribution in [2.24, 2.45) is 5.73 Å². The van der Waals surface area contributed by atoms with Crippen molar-refractivity contribution >= 4 is 27.5 Å². The molecule has 1 heterocycles. The summed E-state index contributed by atoms with van der Waals surface area (Å²) in [6, 6.07) is 6.39. The quantitative estimate of drug-likeness (QED) is 0.805. The van der Waals surface area contributed by atoms with E-state index in [9.17, 15) is 13.2 Å². The van der Waals surface area contributed by atoms with Gasteiger partial charge in [-0.05, 0) is 12.1 Å². The second kappa shape index (κ2) is 5.53.